The van der Waals surface area contributed by atoms with Gasteiger partial charge in [0.05, 0.1) is 22.3 Å². The zero-order chi connectivity index (χ0) is 18.6. The predicted molar refractivity (Wildman–Crippen MR) is 89.5 cm³/mol. The number of nitrogens with zero attached hydrogens (tertiary/aromatic N) is 3. The summed E-state index contributed by atoms with van der Waals surface area (Å²) in [6, 6.07) is 4.78. The van der Waals surface area contributed by atoms with Crippen molar-refractivity contribution in [3.8, 4) is 0 Å². The highest BCUT2D eigenvalue weighted by Crippen LogP contribution is 2.34. The van der Waals surface area contributed by atoms with Gasteiger partial charge >= 0.3 is 6.18 Å². The highest BCUT2D eigenvalue weighted by atomic mass is 32.2. The topological polar surface area (TPSA) is 120 Å². The van der Waals surface area contributed by atoms with E-state index in [0.29, 0.717) is 0 Å². The molecule has 0 aliphatic heterocycles. The number of carbonyl (C=O) groups is 1. The zero-order valence-electron chi connectivity index (χ0n) is 13.0. The van der Waals surface area contributed by atoms with E-state index in [1.165, 1.54) is 18.2 Å². The molecule has 5 N–H and O–H groups in total. The number of benzene rings is 1. The minimum atomic E-state index is -4.56. The second-order valence-corrected chi connectivity index (χ2v) is 6.28. The fourth-order valence-corrected chi connectivity index (χ4v) is 2.61. The number of anilines is 3. The lowest BCUT2D eigenvalue weighted by Gasteiger charge is -2.16. The minimum Gasteiger partial charge on any atom is -0.368 e. The smallest absolute Gasteiger partial charge is 0.368 e. The van der Waals surface area contributed by atoms with Gasteiger partial charge in [0, 0.05) is 0 Å². The molecular formula is C14H15F3N6OS. The van der Waals surface area contributed by atoms with Crippen LogP contribution in [0.25, 0.3) is 0 Å². The summed E-state index contributed by atoms with van der Waals surface area (Å²) in [4.78, 5) is 23.5. The Labute approximate surface area is 145 Å². The number of halogens is 3. The summed E-state index contributed by atoms with van der Waals surface area (Å²) in [6.45, 7) is 1.56. The minimum absolute atomic E-state index is 0.0423. The van der Waals surface area contributed by atoms with E-state index >= 15 is 0 Å². The van der Waals surface area contributed by atoms with Crippen molar-refractivity contribution in [2.75, 3.05) is 16.8 Å². The lowest BCUT2D eigenvalue weighted by Crippen LogP contribution is -2.24. The molecule has 2 rings (SSSR count). The Hall–Kier alpha value is -2.56. The molecule has 0 spiro atoms. The van der Waals surface area contributed by atoms with E-state index in [1.807, 2.05) is 0 Å². The first-order valence-corrected chi connectivity index (χ1v) is 8.06. The number of nitrogens with two attached hydrogens (primary N) is 2. The lowest BCUT2D eigenvalue weighted by molar-refractivity contribution is -0.137. The van der Waals surface area contributed by atoms with E-state index in [4.69, 9.17) is 11.5 Å². The van der Waals surface area contributed by atoms with Crippen molar-refractivity contribution in [2.45, 2.75) is 24.1 Å². The molecule has 1 amide bonds. The number of aromatic nitrogens is 3. The van der Waals surface area contributed by atoms with Gasteiger partial charge < -0.3 is 16.8 Å². The molecule has 0 saturated carbocycles. The van der Waals surface area contributed by atoms with E-state index in [-0.39, 0.29) is 29.2 Å². The van der Waals surface area contributed by atoms with E-state index in [2.05, 4.69) is 20.3 Å². The molecule has 2 aromatic rings. The van der Waals surface area contributed by atoms with Gasteiger partial charge in [-0.15, -0.1) is 11.8 Å². The number of nitrogens with one attached hydrogen (secondary N) is 1. The lowest BCUT2D eigenvalue weighted by atomic mass is 10.1. The van der Waals surface area contributed by atoms with Crippen LogP contribution in [0.4, 0.5) is 30.8 Å². The molecule has 1 unspecified atom stereocenters. The highest BCUT2D eigenvalue weighted by Gasteiger charge is 2.33. The number of nitrogen functional groups attached to an aromatic ring is 2. The zero-order valence-corrected chi connectivity index (χ0v) is 13.9. The summed E-state index contributed by atoms with van der Waals surface area (Å²) < 4.78 is 38.8. The van der Waals surface area contributed by atoms with Crippen LogP contribution >= 0.6 is 11.8 Å². The van der Waals surface area contributed by atoms with Crippen molar-refractivity contribution in [2.24, 2.45) is 0 Å². The molecule has 1 aromatic carbocycles. The van der Waals surface area contributed by atoms with Gasteiger partial charge in [-0.3, -0.25) is 4.79 Å². The van der Waals surface area contributed by atoms with Crippen molar-refractivity contribution in [3.05, 3.63) is 35.7 Å². The largest absolute Gasteiger partial charge is 0.418 e. The number of hydrogen-bond acceptors (Lipinski definition) is 7. The first-order valence-electron chi connectivity index (χ1n) is 7.01. The normalized spacial score (nSPS) is 12.6. The average molecular weight is 372 g/mol. The van der Waals surface area contributed by atoms with Gasteiger partial charge in [0.1, 0.15) is 5.82 Å². The highest BCUT2D eigenvalue weighted by molar-refractivity contribution is 7.99. The van der Waals surface area contributed by atoms with Gasteiger partial charge in [0.25, 0.3) is 0 Å². The number of para-hydroxylation sites is 1. The Morgan fingerprint density at radius 3 is 2.40 bits per heavy atom. The standard InChI is InChI=1S/C14H15F3N6OS/c1-7(25-6-10-21-12(18)23-13(19)22-10)11(24)20-9-5-3-2-4-8(9)14(15,16)17/h2-5,7H,6H2,1H3,(H,20,24)(H4,18,19,21,22,23). The van der Waals surface area contributed by atoms with Crippen LogP contribution in [0, 0.1) is 0 Å². The van der Waals surface area contributed by atoms with Gasteiger partial charge in [0.2, 0.25) is 17.8 Å². The summed E-state index contributed by atoms with van der Waals surface area (Å²) in [5.41, 5.74) is 9.70. The third kappa shape index (κ3) is 5.21. The van der Waals surface area contributed by atoms with Crippen LogP contribution in [-0.4, -0.2) is 26.1 Å². The van der Waals surface area contributed by atoms with E-state index in [1.54, 1.807) is 6.92 Å². The first kappa shape index (κ1) is 18.8. The molecule has 7 nitrogen and oxygen atoms in total. The Bertz CT molecular complexity index is 750. The van der Waals surface area contributed by atoms with Crippen LogP contribution in [0.5, 0.6) is 0 Å². The molecule has 1 atom stereocenters. The van der Waals surface area contributed by atoms with Crippen molar-refractivity contribution < 1.29 is 18.0 Å². The fraction of sp³-hybridized carbons (Fsp3) is 0.286. The molecule has 0 aliphatic rings. The fourth-order valence-electron chi connectivity index (χ4n) is 1.87. The number of amides is 1. The van der Waals surface area contributed by atoms with E-state index in [0.717, 1.165) is 17.8 Å². The number of hydrogen-bond donors (Lipinski definition) is 3. The summed E-state index contributed by atoms with van der Waals surface area (Å²) in [7, 11) is 0. The van der Waals surface area contributed by atoms with Gasteiger partial charge in [-0.05, 0) is 19.1 Å². The maximum Gasteiger partial charge on any atom is 0.418 e. The maximum absolute atomic E-state index is 12.9. The SMILES string of the molecule is CC(SCc1nc(N)nc(N)n1)C(=O)Nc1ccccc1C(F)(F)F. The molecule has 1 heterocycles. The van der Waals surface area contributed by atoms with Crippen molar-refractivity contribution >= 4 is 35.3 Å². The monoisotopic (exact) mass is 372 g/mol. The average Bonchev–Trinajstić information content (AvgIpc) is 2.51. The second-order valence-electron chi connectivity index (χ2n) is 4.95. The molecule has 0 aliphatic carbocycles. The summed E-state index contributed by atoms with van der Waals surface area (Å²) >= 11 is 1.13. The summed E-state index contributed by atoms with van der Waals surface area (Å²) in [5, 5.41) is 1.64. The van der Waals surface area contributed by atoms with Crippen molar-refractivity contribution in [1.82, 2.24) is 15.0 Å². The van der Waals surface area contributed by atoms with Crippen molar-refractivity contribution in [1.29, 1.82) is 0 Å². The molecular weight excluding hydrogens is 357 g/mol. The molecule has 134 valence electrons. The number of carbonyl (C=O) groups excluding carboxylic acids is 1. The van der Waals surface area contributed by atoms with E-state index < -0.39 is 22.9 Å². The van der Waals surface area contributed by atoms with Gasteiger partial charge in [-0.25, -0.2) is 0 Å². The predicted octanol–water partition coefficient (Wildman–Crippen LogP) is 2.32. The Morgan fingerprint density at radius 2 is 1.80 bits per heavy atom. The van der Waals surface area contributed by atoms with Crippen molar-refractivity contribution in [3.63, 3.8) is 0 Å². The summed E-state index contributed by atoms with van der Waals surface area (Å²) in [6.07, 6.45) is -4.56. The Morgan fingerprint density at radius 1 is 1.20 bits per heavy atom. The first-order chi connectivity index (χ1) is 11.7. The third-order valence-electron chi connectivity index (χ3n) is 3.04. The molecule has 0 radical (unpaired) electrons. The van der Waals surface area contributed by atoms with E-state index in [9.17, 15) is 18.0 Å². The second kappa shape index (κ2) is 7.55. The molecule has 1 aromatic heterocycles. The van der Waals surface area contributed by atoms with Gasteiger partial charge in [-0.1, -0.05) is 12.1 Å². The van der Waals surface area contributed by atoms with Crippen LogP contribution in [-0.2, 0) is 16.7 Å². The number of rotatable bonds is 5. The van der Waals surface area contributed by atoms with Crippen LogP contribution in [0.2, 0.25) is 0 Å². The maximum atomic E-state index is 12.9. The molecule has 11 heteroatoms. The molecule has 0 bridgehead atoms. The van der Waals surface area contributed by atoms with Gasteiger partial charge in [0.15, 0.2) is 0 Å². The van der Waals surface area contributed by atoms with Gasteiger partial charge in [-0.2, -0.15) is 28.1 Å². The Kier molecular flexibility index (Phi) is 5.67. The molecule has 0 saturated heterocycles. The van der Waals surface area contributed by atoms with Crippen LogP contribution < -0.4 is 16.8 Å². The molecule has 25 heavy (non-hydrogen) atoms. The van der Waals surface area contributed by atoms with Crippen LogP contribution in [0.3, 0.4) is 0 Å². The number of thioether (sulfide) groups is 1. The quantitative estimate of drug-likeness (QED) is 0.737. The van der Waals surface area contributed by atoms with Crippen LogP contribution in [0.1, 0.15) is 18.3 Å². The Balaban J connectivity index is 2.01. The number of alkyl halides is 3. The molecule has 0 fully saturated rings. The van der Waals surface area contributed by atoms with Crippen LogP contribution in [0.15, 0.2) is 24.3 Å². The summed E-state index contributed by atoms with van der Waals surface area (Å²) in [5.74, 6) is -0.174. The third-order valence-corrected chi connectivity index (χ3v) is 4.18.